The Hall–Kier alpha value is -3.28. The Morgan fingerprint density at radius 3 is 2.46 bits per heavy atom. The van der Waals surface area contributed by atoms with E-state index in [2.05, 4.69) is 20.8 Å². The normalized spacial score (nSPS) is 11.3. The second kappa shape index (κ2) is 6.87. The minimum Gasteiger partial charge on any atom is -0.361 e. The van der Waals surface area contributed by atoms with Crippen LogP contribution in [0.5, 0.6) is 0 Å². The molecule has 3 aromatic rings. The average molecular weight is 319 g/mol. The molecule has 3 rings (SSSR count). The van der Waals surface area contributed by atoms with Crippen molar-refractivity contribution in [1.82, 2.24) is 20.2 Å². The van der Waals surface area contributed by atoms with Gasteiger partial charge in [0.25, 0.3) is 0 Å². The highest BCUT2D eigenvalue weighted by molar-refractivity contribution is 6.18. The van der Waals surface area contributed by atoms with E-state index in [1.54, 1.807) is 10.9 Å². The summed E-state index contributed by atoms with van der Waals surface area (Å²) in [4.78, 5) is 12.1. The van der Waals surface area contributed by atoms with Crippen LogP contribution in [0.1, 0.15) is 18.3 Å². The summed E-state index contributed by atoms with van der Waals surface area (Å²) < 4.78 is 1.55. The molecule has 2 aromatic carbocycles. The number of aromatic nitrogens is 4. The Bertz CT molecular complexity index is 866. The Labute approximate surface area is 139 Å². The maximum Gasteiger partial charge on any atom is 0.192 e. The number of hydrogen-bond donors (Lipinski definition) is 1. The third-order valence-corrected chi connectivity index (χ3v) is 3.53. The molecule has 0 radical (unpaired) electrons. The summed E-state index contributed by atoms with van der Waals surface area (Å²) in [6.07, 6.45) is 1.64. The van der Waals surface area contributed by atoms with Gasteiger partial charge in [0.1, 0.15) is 0 Å². The lowest BCUT2D eigenvalue weighted by atomic mass is 10.1. The molecule has 0 aliphatic heterocycles. The highest BCUT2D eigenvalue weighted by Gasteiger charge is 2.17. The van der Waals surface area contributed by atoms with E-state index in [-0.39, 0.29) is 5.78 Å². The summed E-state index contributed by atoms with van der Waals surface area (Å²) in [5, 5.41) is 14.8. The third kappa shape index (κ3) is 3.38. The Balaban J connectivity index is 1.95. The van der Waals surface area contributed by atoms with E-state index in [9.17, 15) is 4.79 Å². The van der Waals surface area contributed by atoms with Crippen molar-refractivity contribution in [3.05, 3.63) is 72.2 Å². The van der Waals surface area contributed by atoms with Gasteiger partial charge in [-0.05, 0) is 48.5 Å². The number of anilines is 1. The average Bonchev–Trinajstić information content (AvgIpc) is 3.06. The maximum atomic E-state index is 12.1. The number of Topliss-reactive ketones (excluding diaryl/α,β-unsaturated/α-hetero) is 1. The van der Waals surface area contributed by atoms with Crippen molar-refractivity contribution in [3.8, 4) is 5.69 Å². The number of hydrogen-bond acceptors (Lipinski definition) is 5. The molecular formula is C18H17N5O. The minimum absolute atomic E-state index is 0.124. The van der Waals surface area contributed by atoms with E-state index in [1.165, 1.54) is 12.5 Å². The number of nitrogens with one attached hydrogen (secondary N) is 1. The monoisotopic (exact) mass is 319 g/mol. The Morgan fingerprint density at radius 2 is 1.79 bits per heavy atom. The van der Waals surface area contributed by atoms with Gasteiger partial charge < -0.3 is 5.32 Å². The molecule has 6 heteroatoms. The van der Waals surface area contributed by atoms with Gasteiger partial charge in [-0.1, -0.05) is 35.9 Å². The number of benzene rings is 2. The van der Waals surface area contributed by atoms with Crippen LogP contribution < -0.4 is 5.32 Å². The molecule has 0 aliphatic carbocycles. The Morgan fingerprint density at radius 1 is 1.08 bits per heavy atom. The van der Waals surface area contributed by atoms with Crippen LogP contribution in [0.25, 0.3) is 11.3 Å². The molecule has 1 N–H and O–H groups in total. The smallest absolute Gasteiger partial charge is 0.192 e. The van der Waals surface area contributed by atoms with Crippen molar-refractivity contribution < 1.29 is 4.79 Å². The Kier molecular flexibility index (Phi) is 4.47. The van der Waals surface area contributed by atoms with E-state index in [0.717, 1.165) is 11.4 Å². The molecule has 0 fully saturated rings. The molecule has 0 unspecified atom stereocenters. The molecule has 1 heterocycles. The molecule has 0 saturated carbocycles. The molecule has 24 heavy (non-hydrogen) atoms. The number of rotatable bonds is 5. The van der Waals surface area contributed by atoms with Gasteiger partial charge in [0.15, 0.2) is 11.6 Å². The van der Waals surface area contributed by atoms with E-state index < -0.39 is 0 Å². The van der Waals surface area contributed by atoms with Gasteiger partial charge in [0, 0.05) is 11.9 Å². The molecule has 0 spiro atoms. The van der Waals surface area contributed by atoms with Crippen molar-refractivity contribution in [3.63, 3.8) is 0 Å². The van der Waals surface area contributed by atoms with Gasteiger partial charge in [-0.3, -0.25) is 4.79 Å². The number of para-hydroxylation sites is 1. The van der Waals surface area contributed by atoms with Crippen molar-refractivity contribution in [1.29, 1.82) is 0 Å². The van der Waals surface area contributed by atoms with Crippen LogP contribution in [0.3, 0.4) is 0 Å². The standard InChI is InChI=1S/C18H17N5O/c1-13-8-10-15(11-9-13)19-12-17(14(2)24)18-20-21-22-23(18)16-6-4-3-5-7-16/h3-12,19H,1-2H3/b17-12+. The molecule has 0 bridgehead atoms. The molecule has 6 nitrogen and oxygen atoms in total. The van der Waals surface area contributed by atoms with Crippen LogP contribution in [0.2, 0.25) is 0 Å². The van der Waals surface area contributed by atoms with Gasteiger partial charge in [0.05, 0.1) is 11.3 Å². The van der Waals surface area contributed by atoms with E-state index >= 15 is 0 Å². The van der Waals surface area contributed by atoms with E-state index in [0.29, 0.717) is 11.4 Å². The van der Waals surface area contributed by atoms with Gasteiger partial charge in [0.2, 0.25) is 0 Å². The van der Waals surface area contributed by atoms with Crippen molar-refractivity contribution in [2.45, 2.75) is 13.8 Å². The van der Waals surface area contributed by atoms with Gasteiger partial charge in [-0.2, -0.15) is 4.68 Å². The van der Waals surface area contributed by atoms with Crippen LogP contribution in [0.4, 0.5) is 5.69 Å². The summed E-state index contributed by atoms with van der Waals surface area (Å²) in [5.41, 5.74) is 3.26. The number of aryl methyl sites for hydroxylation is 1. The number of tetrazole rings is 1. The SMILES string of the molecule is CC(=O)/C(=C\Nc1ccc(C)cc1)c1nnnn1-c1ccccc1. The van der Waals surface area contributed by atoms with E-state index in [4.69, 9.17) is 0 Å². The summed E-state index contributed by atoms with van der Waals surface area (Å²) >= 11 is 0. The quantitative estimate of drug-likeness (QED) is 0.732. The lowest BCUT2D eigenvalue weighted by Crippen LogP contribution is -2.08. The fourth-order valence-electron chi connectivity index (χ4n) is 2.23. The van der Waals surface area contributed by atoms with Crippen LogP contribution in [0, 0.1) is 6.92 Å². The van der Waals surface area contributed by atoms with Crippen LogP contribution >= 0.6 is 0 Å². The third-order valence-electron chi connectivity index (χ3n) is 3.53. The van der Waals surface area contributed by atoms with Crippen molar-refractivity contribution >= 4 is 17.0 Å². The number of carbonyl (C=O) groups is 1. The molecule has 0 aliphatic rings. The molecule has 120 valence electrons. The highest BCUT2D eigenvalue weighted by Crippen LogP contribution is 2.17. The second-order valence-corrected chi connectivity index (χ2v) is 5.37. The predicted octanol–water partition coefficient (Wildman–Crippen LogP) is 3.01. The van der Waals surface area contributed by atoms with Gasteiger partial charge in [-0.15, -0.1) is 5.10 Å². The van der Waals surface area contributed by atoms with Crippen LogP contribution in [-0.2, 0) is 4.79 Å². The summed E-state index contributed by atoms with van der Waals surface area (Å²) in [6, 6.07) is 17.3. The largest absolute Gasteiger partial charge is 0.361 e. The van der Waals surface area contributed by atoms with Crippen molar-refractivity contribution in [2.24, 2.45) is 0 Å². The molecule has 0 atom stereocenters. The summed E-state index contributed by atoms with van der Waals surface area (Å²) in [6.45, 7) is 3.52. The maximum absolute atomic E-state index is 12.1. The molecular weight excluding hydrogens is 302 g/mol. The first-order valence-corrected chi connectivity index (χ1v) is 7.53. The fraction of sp³-hybridized carbons (Fsp3) is 0.111. The van der Waals surface area contributed by atoms with E-state index in [1.807, 2.05) is 61.5 Å². The molecule has 0 saturated heterocycles. The van der Waals surface area contributed by atoms with Crippen LogP contribution in [-0.4, -0.2) is 26.0 Å². The zero-order chi connectivity index (χ0) is 16.9. The zero-order valence-electron chi connectivity index (χ0n) is 13.5. The summed E-state index contributed by atoms with van der Waals surface area (Å²) in [7, 11) is 0. The van der Waals surface area contributed by atoms with Gasteiger partial charge in [-0.25, -0.2) is 0 Å². The number of nitrogens with zero attached hydrogens (tertiary/aromatic N) is 4. The first-order valence-electron chi connectivity index (χ1n) is 7.53. The fourth-order valence-corrected chi connectivity index (χ4v) is 2.23. The first kappa shape index (κ1) is 15.6. The van der Waals surface area contributed by atoms with Crippen molar-refractivity contribution in [2.75, 3.05) is 5.32 Å². The number of allylic oxidation sites excluding steroid dienone is 1. The molecule has 0 amide bonds. The highest BCUT2D eigenvalue weighted by atomic mass is 16.1. The minimum atomic E-state index is -0.124. The second-order valence-electron chi connectivity index (χ2n) is 5.37. The lowest BCUT2D eigenvalue weighted by molar-refractivity contribution is -0.111. The van der Waals surface area contributed by atoms with Crippen LogP contribution in [0.15, 0.2) is 60.8 Å². The predicted molar refractivity (Wildman–Crippen MR) is 92.6 cm³/mol. The van der Waals surface area contributed by atoms with Gasteiger partial charge >= 0.3 is 0 Å². The lowest BCUT2D eigenvalue weighted by Gasteiger charge is -2.07. The zero-order valence-corrected chi connectivity index (χ0v) is 13.5. The topological polar surface area (TPSA) is 72.7 Å². The number of carbonyl (C=O) groups excluding carboxylic acids is 1. The molecule has 1 aromatic heterocycles. The number of ketones is 1. The first-order chi connectivity index (χ1) is 11.6. The summed E-state index contributed by atoms with van der Waals surface area (Å²) in [5.74, 6) is 0.273.